The van der Waals surface area contributed by atoms with E-state index in [1.54, 1.807) is 11.9 Å². The SMILES string of the molecule is CC(C#N)CN(C)C(=O)C(Br)C(C)C. The second-order valence-electron chi connectivity index (χ2n) is 3.89. The fourth-order valence-corrected chi connectivity index (χ4v) is 1.39. The zero-order chi connectivity index (χ0) is 11.3. The molecule has 14 heavy (non-hydrogen) atoms. The van der Waals surface area contributed by atoms with E-state index in [-0.39, 0.29) is 22.6 Å². The smallest absolute Gasteiger partial charge is 0.236 e. The largest absolute Gasteiger partial charge is 0.343 e. The van der Waals surface area contributed by atoms with E-state index < -0.39 is 0 Å². The standard InChI is InChI=1S/C10H17BrN2O/c1-7(2)9(11)10(14)13(4)6-8(3)5-12/h7-9H,6H2,1-4H3. The molecule has 0 saturated carbocycles. The second-order valence-corrected chi connectivity index (χ2v) is 4.88. The van der Waals surface area contributed by atoms with Gasteiger partial charge in [-0.15, -0.1) is 0 Å². The van der Waals surface area contributed by atoms with Crippen LogP contribution in [-0.4, -0.2) is 29.2 Å². The van der Waals surface area contributed by atoms with Crippen LogP contribution < -0.4 is 0 Å². The number of amides is 1. The molecule has 0 rings (SSSR count). The third-order valence-electron chi connectivity index (χ3n) is 1.97. The number of hydrogen-bond donors (Lipinski definition) is 0. The Kier molecular flexibility index (Phi) is 5.78. The van der Waals surface area contributed by atoms with Gasteiger partial charge in [-0.1, -0.05) is 29.8 Å². The molecule has 0 aromatic heterocycles. The maximum absolute atomic E-state index is 11.7. The Morgan fingerprint density at radius 3 is 2.36 bits per heavy atom. The summed E-state index contributed by atoms with van der Waals surface area (Å²) in [5, 5.41) is 8.61. The predicted molar refractivity (Wildman–Crippen MR) is 60.0 cm³/mol. The highest BCUT2D eigenvalue weighted by Gasteiger charge is 2.22. The first-order valence-electron chi connectivity index (χ1n) is 4.68. The maximum Gasteiger partial charge on any atom is 0.236 e. The molecule has 0 saturated heterocycles. The molecule has 3 nitrogen and oxygen atoms in total. The molecule has 0 fully saturated rings. The molecule has 0 heterocycles. The van der Waals surface area contributed by atoms with Crippen molar-refractivity contribution >= 4 is 21.8 Å². The van der Waals surface area contributed by atoms with Crippen molar-refractivity contribution in [3.63, 3.8) is 0 Å². The van der Waals surface area contributed by atoms with Gasteiger partial charge in [-0.05, 0) is 12.8 Å². The number of carbonyl (C=O) groups excluding carboxylic acids is 1. The van der Waals surface area contributed by atoms with Crippen LogP contribution in [0.3, 0.4) is 0 Å². The van der Waals surface area contributed by atoms with Gasteiger partial charge in [0.05, 0.1) is 16.8 Å². The minimum Gasteiger partial charge on any atom is -0.343 e. The molecular weight excluding hydrogens is 244 g/mol. The van der Waals surface area contributed by atoms with Crippen molar-refractivity contribution in [1.29, 1.82) is 5.26 Å². The lowest BCUT2D eigenvalue weighted by Crippen LogP contribution is -2.38. The highest BCUT2D eigenvalue weighted by Crippen LogP contribution is 2.14. The lowest BCUT2D eigenvalue weighted by Gasteiger charge is -2.23. The lowest BCUT2D eigenvalue weighted by atomic mass is 10.1. The summed E-state index contributed by atoms with van der Waals surface area (Å²) in [6.45, 7) is 6.27. The first-order valence-corrected chi connectivity index (χ1v) is 5.60. The Bertz CT molecular complexity index is 235. The fourth-order valence-electron chi connectivity index (χ4n) is 1.04. The van der Waals surface area contributed by atoms with Crippen molar-refractivity contribution in [3.8, 4) is 6.07 Å². The number of halogens is 1. The highest BCUT2D eigenvalue weighted by molar-refractivity contribution is 9.10. The van der Waals surface area contributed by atoms with E-state index in [0.29, 0.717) is 6.54 Å². The third kappa shape index (κ3) is 4.10. The number of alkyl halides is 1. The van der Waals surface area contributed by atoms with E-state index in [4.69, 9.17) is 5.26 Å². The first kappa shape index (κ1) is 13.4. The maximum atomic E-state index is 11.7. The van der Waals surface area contributed by atoms with Crippen LogP contribution in [0.4, 0.5) is 0 Å². The van der Waals surface area contributed by atoms with E-state index in [1.807, 2.05) is 20.8 Å². The van der Waals surface area contributed by atoms with Gasteiger partial charge in [-0.2, -0.15) is 5.26 Å². The zero-order valence-electron chi connectivity index (χ0n) is 9.12. The van der Waals surface area contributed by atoms with Crippen LogP contribution in [0.25, 0.3) is 0 Å². The van der Waals surface area contributed by atoms with E-state index in [2.05, 4.69) is 22.0 Å². The number of hydrogen-bond acceptors (Lipinski definition) is 2. The molecule has 2 unspecified atom stereocenters. The fraction of sp³-hybridized carbons (Fsp3) is 0.800. The molecule has 0 N–H and O–H groups in total. The molecule has 0 aliphatic carbocycles. The molecule has 0 spiro atoms. The van der Waals surface area contributed by atoms with Crippen LogP contribution in [0.5, 0.6) is 0 Å². The van der Waals surface area contributed by atoms with Crippen molar-refractivity contribution in [2.75, 3.05) is 13.6 Å². The molecule has 1 amide bonds. The average Bonchev–Trinajstić information content (AvgIpc) is 2.14. The molecule has 0 aliphatic rings. The molecule has 0 radical (unpaired) electrons. The van der Waals surface area contributed by atoms with Gasteiger partial charge in [0, 0.05) is 13.6 Å². The van der Waals surface area contributed by atoms with Gasteiger partial charge >= 0.3 is 0 Å². The summed E-state index contributed by atoms with van der Waals surface area (Å²) in [6.07, 6.45) is 0. The van der Waals surface area contributed by atoms with Crippen molar-refractivity contribution in [3.05, 3.63) is 0 Å². The topological polar surface area (TPSA) is 44.1 Å². The summed E-state index contributed by atoms with van der Waals surface area (Å²) in [7, 11) is 1.73. The van der Waals surface area contributed by atoms with Crippen LogP contribution >= 0.6 is 15.9 Å². The normalized spacial score (nSPS) is 14.6. The Labute approximate surface area is 94.2 Å². The lowest BCUT2D eigenvalue weighted by molar-refractivity contribution is -0.130. The minimum absolute atomic E-state index is 0.0436. The Morgan fingerprint density at radius 2 is 2.00 bits per heavy atom. The van der Waals surface area contributed by atoms with E-state index in [0.717, 1.165) is 0 Å². The molecule has 80 valence electrons. The average molecular weight is 261 g/mol. The van der Waals surface area contributed by atoms with Crippen molar-refractivity contribution in [2.45, 2.75) is 25.6 Å². The number of nitrogens with zero attached hydrogens (tertiary/aromatic N) is 2. The van der Waals surface area contributed by atoms with Crippen molar-refractivity contribution < 1.29 is 4.79 Å². The van der Waals surface area contributed by atoms with Crippen LogP contribution in [0.1, 0.15) is 20.8 Å². The van der Waals surface area contributed by atoms with Crippen molar-refractivity contribution in [1.82, 2.24) is 4.90 Å². The van der Waals surface area contributed by atoms with Gasteiger partial charge in [0.2, 0.25) is 5.91 Å². The molecule has 0 aliphatic heterocycles. The van der Waals surface area contributed by atoms with Crippen LogP contribution in [0.15, 0.2) is 0 Å². The van der Waals surface area contributed by atoms with Crippen molar-refractivity contribution in [2.24, 2.45) is 11.8 Å². The van der Waals surface area contributed by atoms with Gasteiger partial charge < -0.3 is 4.90 Å². The van der Waals surface area contributed by atoms with Gasteiger partial charge in [0.1, 0.15) is 0 Å². The quantitative estimate of drug-likeness (QED) is 0.727. The third-order valence-corrected chi connectivity index (χ3v) is 3.41. The first-order chi connectivity index (χ1) is 6.40. The summed E-state index contributed by atoms with van der Waals surface area (Å²) < 4.78 is 0. The van der Waals surface area contributed by atoms with Gasteiger partial charge in [0.25, 0.3) is 0 Å². The number of carbonyl (C=O) groups is 1. The minimum atomic E-state index is -0.154. The monoisotopic (exact) mass is 260 g/mol. The predicted octanol–water partition coefficient (Wildman–Crippen LogP) is 2.02. The summed E-state index contributed by atoms with van der Waals surface area (Å²) in [5.74, 6) is 0.195. The summed E-state index contributed by atoms with van der Waals surface area (Å²) in [4.78, 5) is 13.2. The molecular formula is C10H17BrN2O. The Morgan fingerprint density at radius 1 is 1.50 bits per heavy atom. The Hall–Kier alpha value is -0.560. The molecule has 0 bridgehead atoms. The van der Waals surface area contributed by atoms with E-state index in [1.165, 1.54) is 0 Å². The van der Waals surface area contributed by atoms with Crippen LogP contribution in [0, 0.1) is 23.2 Å². The van der Waals surface area contributed by atoms with Gasteiger partial charge in [0.15, 0.2) is 0 Å². The number of nitriles is 1. The summed E-state index contributed by atoms with van der Waals surface area (Å²) in [5.41, 5.74) is 0. The van der Waals surface area contributed by atoms with Gasteiger partial charge in [-0.3, -0.25) is 4.79 Å². The molecule has 0 aromatic rings. The van der Waals surface area contributed by atoms with E-state index in [9.17, 15) is 4.79 Å². The van der Waals surface area contributed by atoms with Crippen LogP contribution in [-0.2, 0) is 4.79 Å². The van der Waals surface area contributed by atoms with Crippen LogP contribution in [0.2, 0.25) is 0 Å². The zero-order valence-corrected chi connectivity index (χ0v) is 10.7. The second kappa shape index (κ2) is 6.02. The molecule has 2 atom stereocenters. The number of rotatable bonds is 4. The summed E-state index contributed by atoms with van der Waals surface area (Å²) >= 11 is 3.35. The molecule has 0 aromatic carbocycles. The van der Waals surface area contributed by atoms with E-state index >= 15 is 0 Å². The van der Waals surface area contributed by atoms with Gasteiger partial charge in [-0.25, -0.2) is 0 Å². The molecule has 4 heteroatoms. The highest BCUT2D eigenvalue weighted by atomic mass is 79.9. The Balaban J connectivity index is 4.20. The summed E-state index contributed by atoms with van der Waals surface area (Å²) in [6, 6.07) is 2.11.